The Morgan fingerprint density at radius 1 is 1.43 bits per heavy atom. The largest absolute Gasteiger partial charge is 0.480 e. The summed E-state index contributed by atoms with van der Waals surface area (Å²) in [4.78, 5) is 56.7. The molecule has 0 aromatic carbocycles. The molecule has 2 atom stereocenters. The van der Waals surface area contributed by atoms with Crippen LogP contribution in [0.2, 0.25) is 0 Å². The van der Waals surface area contributed by atoms with E-state index in [1.165, 1.54) is 29.0 Å². The van der Waals surface area contributed by atoms with Gasteiger partial charge in [-0.25, -0.2) is 9.78 Å². The van der Waals surface area contributed by atoms with Crippen molar-refractivity contribution in [2.45, 2.75) is 11.4 Å². The molecule has 3 N–H and O–H groups in total. The summed E-state index contributed by atoms with van der Waals surface area (Å²) in [7, 11) is 0. The van der Waals surface area contributed by atoms with Gasteiger partial charge in [-0.1, -0.05) is 0 Å². The lowest BCUT2D eigenvalue weighted by atomic mass is 10.0. The van der Waals surface area contributed by atoms with Gasteiger partial charge in [-0.05, 0) is 17.8 Å². The molecule has 0 aliphatic carbocycles. The number of nitrogens with zero attached hydrogens (tertiary/aromatic N) is 4. The fraction of sp³-hybridized carbons (Fsp3) is 0.357. The van der Waals surface area contributed by atoms with Crippen LogP contribution in [-0.4, -0.2) is 83.9 Å². The fourth-order valence-corrected chi connectivity index (χ4v) is 5.30. The molecule has 0 saturated carbocycles. The van der Waals surface area contributed by atoms with Gasteiger partial charge in [0.1, 0.15) is 29.2 Å². The molecule has 0 bridgehead atoms. The first-order valence-corrected chi connectivity index (χ1v) is 10.7. The highest BCUT2D eigenvalue weighted by atomic mass is 32.2. The Kier molecular flexibility index (Phi) is 6.00. The highest BCUT2D eigenvalue weighted by Gasteiger charge is 2.54. The number of aliphatic imine (C=N–C) groups is 1. The summed E-state index contributed by atoms with van der Waals surface area (Å²) in [5.41, 5.74) is 0.988. The number of fused-ring (bicyclic) bond motifs is 1. The Morgan fingerprint density at radius 3 is 2.75 bits per heavy atom. The third-order valence-corrected chi connectivity index (χ3v) is 6.60. The molecule has 1 fully saturated rings. The average Bonchev–Trinajstić information content (AvgIpc) is 3.18. The number of carbonyl (C=O) groups excluding carboxylic acids is 2. The normalized spacial score (nSPS) is 21.8. The SMILES string of the molecule is CSC1=C(C(=O)O)N2C(=O)C(NC(=O)C(=NCC(=O)O)c3ncsn3)[C@H]2SC1. The molecule has 3 heterocycles. The molecule has 0 radical (unpaired) electrons. The second-order valence-electron chi connectivity index (χ2n) is 5.46. The van der Waals surface area contributed by atoms with Gasteiger partial charge in [0.15, 0.2) is 11.5 Å². The molecule has 2 aliphatic rings. The molecule has 2 aliphatic heterocycles. The molecular weight excluding hydrogens is 430 g/mol. The minimum absolute atomic E-state index is 0.0422. The van der Waals surface area contributed by atoms with Crippen LogP contribution < -0.4 is 5.32 Å². The number of amides is 2. The predicted molar refractivity (Wildman–Crippen MR) is 102 cm³/mol. The average molecular weight is 443 g/mol. The minimum atomic E-state index is -1.24. The van der Waals surface area contributed by atoms with E-state index in [1.807, 2.05) is 0 Å². The Morgan fingerprint density at radius 2 is 2.18 bits per heavy atom. The van der Waals surface area contributed by atoms with Crippen molar-refractivity contribution >= 4 is 64.5 Å². The smallest absolute Gasteiger partial charge is 0.353 e. The number of aromatic nitrogens is 2. The van der Waals surface area contributed by atoms with Gasteiger partial charge in [-0.3, -0.25) is 24.3 Å². The van der Waals surface area contributed by atoms with Crippen LogP contribution in [-0.2, 0) is 19.2 Å². The number of carbonyl (C=O) groups is 4. The van der Waals surface area contributed by atoms with Crippen molar-refractivity contribution in [3.63, 3.8) is 0 Å². The van der Waals surface area contributed by atoms with Crippen molar-refractivity contribution in [3.05, 3.63) is 21.9 Å². The monoisotopic (exact) mass is 443 g/mol. The van der Waals surface area contributed by atoms with Gasteiger partial charge < -0.3 is 15.5 Å². The highest BCUT2D eigenvalue weighted by molar-refractivity contribution is 8.05. The van der Waals surface area contributed by atoms with Crippen molar-refractivity contribution in [2.75, 3.05) is 18.6 Å². The molecule has 14 heteroatoms. The number of β-lactam (4-membered cyclic amide) rings is 1. The van der Waals surface area contributed by atoms with E-state index in [-0.39, 0.29) is 17.2 Å². The summed E-state index contributed by atoms with van der Waals surface area (Å²) in [5.74, 6) is -3.44. The lowest BCUT2D eigenvalue weighted by Crippen LogP contribution is -2.71. The first kappa shape index (κ1) is 20.3. The van der Waals surface area contributed by atoms with E-state index in [0.29, 0.717) is 10.7 Å². The third-order valence-electron chi connectivity index (χ3n) is 3.83. The molecule has 1 aromatic rings. The molecule has 1 saturated heterocycles. The van der Waals surface area contributed by atoms with E-state index in [4.69, 9.17) is 5.11 Å². The molecule has 0 spiro atoms. The van der Waals surface area contributed by atoms with Gasteiger partial charge in [0.2, 0.25) is 0 Å². The number of carboxylic acid groups (broad SMARTS) is 2. The van der Waals surface area contributed by atoms with E-state index in [1.54, 1.807) is 6.26 Å². The number of hydrogen-bond acceptors (Lipinski definition) is 10. The van der Waals surface area contributed by atoms with Gasteiger partial charge in [0.05, 0.1) is 0 Å². The van der Waals surface area contributed by atoms with Crippen LogP contribution in [0.15, 0.2) is 21.1 Å². The van der Waals surface area contributed by atoms with Crippen LogP contribution in [0.25, 0.3) is 0 Å². The maximum atomic E-state index is 12.6. The van der Waals surface area contributed by atoms with Crippen molar-refractivity contribution in [3.8, 4) is 0 Å². The first-order chi connectivity index (χ1) is 13.3. The highest BCUT2D eigenvalue weighted by Crippen LogP contribution is 2.42. The van der Waals surface area contributed by atoms with Crippen molar-refractivity contribution in [2.24, 2.45) is 4.99 Å². The molecule has 148 valence electrons. The molecule has 2 amide bonds. The lowest BCUT2D eigenvalue weighted by Gasteiger charge is -2.49. The lowest BCUT2D eigenvalue weighted by molar-refractivity contribution is -0.150. The van der Waals surface area contributed by atoms with Crippen molar-refractivity contribution in [1.82, 2.24) is 19.6 Å². The molecule has 1 unspecified atom stereocenters. The Labute approximate surface area is 170 Å². The van der Waals surface area contributed by atoms with Gasteiger partial charge >= 0.3 is 11.9 Å². The standard InChI is InChI=1S/C14H13N5O6S3/c1-26-5-3-27-13-8(12(23)19(13)9(5)14(24)25)17-11(22)7(15-2-6(20)21)10-16-4-28-18-10/h4,8,13H,2-3H2,1H3,(H,17,22)(H,20,21)(H,24,25)/t8?,13-/m1/s1. The summed E-state index contributed by atoms with van der Waals surface area (Å²) in [6.07, 6.45) is 1.73. The van der Waals surface area contributed by atoms with E-state index < -0.39 is 41.7 Å². The second kappa shape index (κ2) is 8.28. The maximum Gasteiger partial charge on any atom is 0.353 e. The molecule has 28 heavy (non-hydrogen) atoms. The summed E-state index contributed by atoms with van der Waals surface area (Å²) in [6, 6.07) is -0.955. The summed E-state index contributed by atoms with van der Waals surface area (Å²) < 4.78 is 3.88. The zero-order valence-corrected chi connectivity index (χ0v) is 16.6. The number of carboxylic acids is 2. The van der Waals surface area contributed by atoms with Crippen LogP contribution in [0.4, 0.5) is 0 Å². The van der Waals surface area contributed by atoms with Gasteiger partial charge in [-0.2, -0.15) is 4.37 Å². The zero-order valence-electron chi connectivity index (χ0n) is 14.2. The van der Waals surface area contributed by atoms with Crippen LogP contribution in [0.3, 0.4) is 0 Å². The predicted octanol–water partition coefficient (Wildman–Crippen LogP) is -0.529. The minimum Gasteiger partial charge on any atom is -0.480 e. The van der Waals surface area contributed by atoms with E-state index >= 15 is 0 Å². The second-order valence-corrected chi connectivity index (χ2v) is 8.07. The van der Waals surface area contributed by atoms with Gasteiger partial charge in [0.25, 0.3) is 11.8 Å². The van der Waals surface area contributed by atoms with Crippen LogP contribution in [0, 0.1) is 0 Å². The maximum absolute atomic E-state index is 12.6. The zero-order chi connectivity index (χ0) is 20.4. The number of aliphatic carboxylic acids is 2. The summed E-state index contributed by atoms with van der Waals surface area (Å²) >= 11 is 3.55. The van der Waals surface area contributed by atoms with Crippen molar-refractivity contribution < 1.29 is 29.4 Å². The number of hydrogen-bond donors (Lipinski definition) is 3. The summed E-state index contributed by atoms with van der Waals surface area (Å²) in [5, 5.41) is 20.2. The fourth-order valence-electron chi connectivity index (χ4n) is 2.62. The van der Waals surface area contributed by atoms with Crippen molar-refractivity contribution in [1.29, 1.82) is 0 Å². The topological polar surface area (TPSA) is 162 Å². The van der Waals surface area contributed by atoms with Gasteiger partial charge in [0, 0.05) is 10.7 Å². The number of thioether (sulfide) groups is 2. The Hall–Kier alpha value is -2.45. The van der Waals surface area contributed by atoms with Crippen LogP contribution in [0.5, 0.6) is 0 Å². The Balaban J connectivity index is 1.79. The Bertz CT molecular complexity index is 899. The summed E-state index contributed by atoms with van der Waals surface area (Å²) in [6.45, 7) is -0.659. The molecule has 3 rings (SSSR count). The van der Waals surface area contributed by atoms with E-state index in [0.717, 1.165) is 16.4 Å². The van der Waals surface area contributed by atoms with E-state index in [9.17, 15) is 24.3 Å². The first-order valence-electron chi connectivity index (χ1n) is 7.64. The molecular formula is C14H13N5O6S3. The van der Waals surface area contributed by atoms with E-state index in [2.05, 4.69) is 19.7 Å². The quantitative estimate of drug-likeness (QED) is 0.369. The molecule has 1 aromatic heterocycles. The van der Waals surface area contributed by atoms with Crippen LogP contribution in [0.1, 0.15) is 5.82 Å². The molecule has 11 nitrogen and oxygen atoms in total. The van der Waals surface area contributed by atoms with Crippen LogP contribution >= 0.6 is 35.1 Å². The third kappa shape index (κ3) is 3.74. The number of nitrogens with one attached hydrogen (secondary N) is 1. The van der Waals surface area contributed by atoms with Gasteiger partial charge in [-0.15, -0.1) is 23.5 Å². The number of rotatable bonds is 7.